The van der Waals surface area contributed by atoms with Crippen LogP contribution in [0.15, 0.2) is 0 Å². The molecule has 3 aliphatic rings. The third-order valence-corrected chi connectivity index (χ3v) is 3.07. The number of hydrogen-bond acceptors (Lipinski definition) is 1. The van der Waals surface area contributed by atoms with E-state index < -0.39 is 0 Å². The SMILES string of the molecule is O=C1NC2C1CC1CC12. The summed E-state index contributed by atoms with van der Waals surface area (Å²) in [6, 6.07) is 0.613. The van der Waals surface area contributed by atoms with Gasteiger partial charge < -0.3 is 5.32 Å². The third kappa shape index (κ3) is 0.345. The van der Waals surface area contributed by atoms with Crippen LogP contribution in [0.5, 0.6) is 0 Å². The van der Waals surface area contributed by atoms with Crippen molar-refractivity contribution in [1.82, 2.24) is 5.32 Å². The van der Waals surface area contributed by atoms with Crippen LogP contribution >= 0.6 is 0 Å². The molecule has 48 valence electrons. The van der Waals surface area contributed by atoms with E-state index in [1.165, 1.54) is 12.8 Å². The van der Waals surface area contributed by atoms with Crippen molar-refractivity contribution in [2.75, 3.05) is 0 Å². The highest BCUT2D eigenvalue weighted by molar-refractivity contribution is 5.87. The maximum atomic E-state index is 10.8. The predicted octanol–water partition coefficient (Wildman–Crippen LogP) is 0.141. The molecule has 3 rings (SSSR count). The number of carbonyl (C=O) groups excluding carboxylic acids is 1. The quantitative estimate of drug-likeness (QED) is 0.456. The predicted molar refractivity (Wildman–Crippen MR) is 31.6 cm³/mol. The number of amides is 1. The first-order valence-corrected chi connectivity index (χ1v) is 3.66. The van der Waals surface area contributed by atoms with Crippen LogP contribution < -0.4 is 5.32 Å². The number of β-lactam (4-membered cyclic amide) rings is 1. The summed E-state index contributed by atoms with van der Waals surface area (Å²) < 4.78 is 0. The van der Waals surface area contributed by atoms with Gasteiger partial charge in [-0.05, 0) is 24.7 Å². The minimum atomic E-state index is 0.312. The van der Waals surface area contributed by atoms with Gasteiger partial charge >= 0.3 is 0 Å². The van der Waals surface area contributed by atoms with Gasteiger partial charge in [-0.25, -0.2) is 0 Å². The minimum Gasteiger partial charge on any atom is -0.352 e. The van der Waals surface area contributed by atoms with E-state index in [1.807, 2.05) is 0 Å². The molecule has 1 heterocycles. The molecule has 0 aromatic rings. The molecule has 1 saturated heterocycles. The molecule has 0 aromatic carbocycles. The fraction of sp³-hybridized carbons (Fsp3) is 0.857. The lowest BCUT2D eigenvalue weighted by atomic mass is 9.90. The lowest BCUT2D eigenvalue weighted by molar-refractivity contribution is -0.134. The van der Waals surface area contributed by atoms with Gasteiger partial charge in [0.2, 0.25) is 5.91 Å². The van der Waals surface area contributed by atoms with Crippen LogP contribution in [0.2, 0.25) is 0 Å². The van der Waals surface area contributed by atoms with Gasteiger partial charge in [0.25, 0.3) is 0 Å². The van der Waals surface area contributed by atoms with E-state index in [0.717, 1.165) is 11.8 Å². The fourth-order valence-electron chi connectivity index (χ4n) is 2.41. The smallest absolute Gasteiger partial charge is 0.225 e. The number of hydrogen-bond donors (Lipinski definition) is 1. The highest BCUT2D eigenvalue weighted by Gasteiger charge is 2.60. The zero-order valence-corrected chi connectivity index (χ0v) is 5.13. The Morgan fingerprint density at radius 1 is 1.44 bits per heavy atom. The van der Waals surface area contributed by atoms with E-state index in [4.69, 9.17) is 0 Å². The average molecular weight is 123 g/mol. The standard InChI is InChI=1S/C7H9NO/c9-7-5-2-3-1-4(3)6(5)8-7/h3-6H,1-2H2,(H,8,9). The van der Waals surface area contributed by atoms with Crippen molar-refractivity contribution in [2.45, 2.75) is 18.9 Å². The minimum absolute atomic E-state index is 0.312. The topological polar surface area (TPSA) is 29.1 Å². The number of nitrogens with one attached hydrogen (secondary N) is 1. The van der Waals surface area contributed by atoms with Gasteiger partial charge in [0, 0.05) is 6.04 Å². The molecule has 2 nitrogen and oxygen atoms in total. The second-order valence-electron chi connectivity index (χ2n) is 3.54. The molecule has 1 aliphatic heterocycles. The molecule has 0 spiro atoms. The molecule has 2 saturated carbocycles. The molecule has 0 bridgehead atoms. The number of carbonyl (C=O) groups is 1. The van der Waals surface area contributed by atoms with Gasteiger partial charge in [0.05, 0.1) is 5.92 Å². The highest BCUT2D eigenvalue weighted by Crippen LogP contribution is 2.57. The summed E-state index contributed by atoms with van der Waals surface area (Å²) in [6.07, 6.45) is 2.59. The fourth-order valence-corrected chi connectivity index (χ4v) is 2.41. The Labute approximate surface area is 53.6 Å². The summed E-state index contributed by atoms with van der Waals surface area (Å²) in [6.45, 7) is 0. The summed E-state index contributed by atoms with van der Waals surface area (Å²) in [5, 5.41) is 2.96. The van der Waals surface area contributed by atoms with Gasteiger partial charge in [-0.2, -0.15) is 0 Å². The average Bonchev–Trinajstić information content (AvgIpc) is 2.52. The number of fused-ring (bicyclic) bond motifs is 3. The van der Waals surface area contributed by atoms with Crippen LogP contribution in [0.4, 0.5) is 0 Å². The van der Waals surface area contributed by atoms with E-state index in [-0.39, 0.29) is 0 Å². The Bertz CT molecular complexity index is 189. The van der Waals surface area contributed by atoms with Gasteiger partial charge in [0.1, 0.15) is 0 Å². The monoisotopic (exact) mass is 123 g/mol. The molecule has 4 atom stereocenters. The molecule has 1 amide bonds. The van der Waals surface area contributed by atoms with Crippen LogP contribution in [0.3, 0.4) is 0 Å². The largest absolute Gasteiger partial charge is 0.352 e. The Morgan fingerprint density at radius 2 is 2.33 bits per heavy atom. The zero-order valence-electron chi connectivity index (χ0n) is 5.13. The van der Waals surface area contributed by atoms with Gasteiger partial charge in [-0.3, -0.25) is 4.79 Å². The van der Waals surface area contributed by atoms with E-state index in [9.17, 15) is 4.79 Å². The molecule has 2 heteroatoms. The van der Waals surface area contributed by atoms with Crippen LogP contribution in [0, 0.1) is 17.8 Å². The molecular weight excluding hydrogens is 114 g/mol. The molecular formula is C7H9NO. The molecule has 9 heavy (non-hydrogen) atoms. The lowest BCUT2D eigenvalue weighted by Crippen LogP contribution is -2.56. The normalized spacial score (nSPS) is 59.3. The zero-order chi connectivity index (χ0) is 6.01. The van der Waals surface area contributed by atoms with Gasteiger partial charge in [-0.15, -0.1) is 0 Å². The van der Waals surface area contributed by atoms with Gasteiger partial charge in [-0.1, -0.05) is 0 Å². The van der Waals surface area contributed by atoms with Crippen LogP contribution in [0.25, 0.3) is 0 Å². The molecule has 3 fully saturated rings. The second-order valence-corrected chi connectivity index (χ2v) is 3.54. The van der Waals surface area contributed by atoms with Crippen molar-refractivity contribution < 1.29 is 4.79 Å². The van der Waals surface area contributed by atoms with Crippen molar-refractivity contribution in [1.29, 1.82) is 0 Å². The molecule has 2 aliphatic carbocycles. The Balaban J connectivity index is 1.92. The van der Waals surface area contributed by atoms with Gasteiger partial charge in [0.15, 0.2) is 0 Å². The van der Waals surface area contributed by atoms with Crippen LogP contribution in [-0.2, 0) is 4.79 Å². The maximum absolute atomic E-state index is 10.8. The summed E-state index contributed by atoms with van der Waals surface area (Å²) in [5.41, 5.74) is 0. The molecule has 0 aromatic heterocycles. The molecule has 4 unspecified atom stereocenters. The molecule has 0 radical (unpaired) electrons. The molecule has 1 N–H and O–H groups in total. The Kier molecular flexibility index (Phi) is 0.491. The summed E-state index contributed by atoms with van der Waals surface area (Å²) in [4.78, 5) is 10.8. The highest BCUT2D eigenvalue weighted by atomic mass is 16.2. The van der Waals surface area contributed by atoms with Crippen molar-refractivity contribution in [3.63, 3.8) is 0 Å². The van der Waals surface area contributed by atoms with E-state index in [2.05, 4.69) is 5.32 Å². The van der Waals surface area contributed by atoms with Crippen LogP contribution in [-0.4, -0.2) is 11.9 Å². The Morgan fingerprint density at radius 3 is 2.89 bits per heavy atom. The van der Waals surface area contributed by atoms with Crippen molar-refractivity contribution in [2.24, 2.45) is 17.8 Å². The summed E-state index contributed by atoms with van der Waals surface area (Å²) in [7, 11) is 0. The van der Waals surface area contributed by atoms with Crippen molar-refractivity contribution >= 4 is 5.91 Å². The maximum Gasteiger partial charge on any atom is 0.225 e. The second kappa shape index (κ2) is 1.02. The van der Waals surface area contributed by atoms with E-state index in [1.54, 1.807) is 0 Å². The summed E-state index contributed by atoms with van der Waals surface area (Å²) >= 11 is 0. The first-order valence-electron chi connectivity index (χ1n) is 3.66. The first-order chi connectivity index (χ1) is 4.36. The van der Waals surface area contributed by atoms with Crippen LogP contribution in [0.1, 0.15) is 12.8 Å². The summed E-state index contributed by atoms with van der Waals surface area (Å²) in [5.74, 6) is 2.58. The third-order valence-electron chi connectivity index (χ3n) is 3.07. The van der Waals surface area contributed by atoms with Crippen molar-refractivity contribution in [3.8, 4) is 0 Å². The van der Waals surface area contributed by atoms with E-state index >= 15 is 0 Å². The first kappa shape index (κ1) is 4.31. The number of rotatable bonds is 0. The Hall–Kier alpha value is -0.530. The van der Waals surface area contributed by atoms with E-state index in [0.29, 0.717) is 17.9 Å². The lowest BCUT2D eigenvalue weighted by Gasteiger charge is -2.33. The van der Waals surface area contributed by atoms with Crippen molar-refractivity contribution in [3.05, 3.63) is 0 Å².